The Morgan fingerprint density at radius 2 is 1.90 bits per heavy atom. The molecule has 20 heavy (non-hydrogen) atoms. The molecule has 0 heterocycles. The first kappa shape index (κ1) is 14.4. The number of halogens is 1. The van der Waals surface area contributed by atoms with E-state index in [1.807, 2.05) is 24.3 Å². The van der Waals surface area contributed by atoms with Gasteiger partial charge in [-0.25, -0.2) is 0 Å². The molecule has 2 N–H and O–H groups in total. The number of phenols is 1. The molecule has 0 fully saturated rings. The Hall–Kier alpha value is -2.00. The molecule has 0 aliphatic rings. The van der Waals surface area contributed by atoms with Crippen LogP contribution < -0.4 is 5.32 Å². The number of benzene rings is 2. The first-order valence-electron chi connectivity index (χ1n) is 6.36. The van der Waals surface area contributed by atoms with Gasteiger partial charge in [-0.2, -0.15) is 0 Å². The lowest BCUT2D eigenvalue weighted by molar-refractivity contribution is 0.102. The fraction of sp³-hybridized carbons (Fsp3) is 0.188. The number of hydrogen-bond acceptors (Lipinski definition) is 2. The Labute approximate surface area is 123 Å². The van der Waals surface area contributed by atoms with Gasteiger partial charge >= 0.3 is 0 Å². The molecule has 4 heteroatoms. The zero-order valence-electron chi connectivity index (χ0n) is 11.2. The summed E-state index contributed by atoms with van der Waals surface area (Å²) in [6.07, 6.45) is 0.807. The Morgan fingerprint density at radius 3 is 2.50 bits per heavy atom. The summed E-state index contributed by atoms with van der Waals surface area (Å²) in [5.74, 6) is 0.453. The van der Waals surface area contributed by atoms with Crippen LogP contribution in [0.4, 0.5) is 5.69 Å². The maximum atomic E-state index is 12.0. The van der Waals surface area contributed by atoms with Crippen LogP contribution in [0.15, 0.2) is 42.5 Å². The molecule has 2 aromatic carbocycles. The SMILES string of the molecule is Cc1ccc(C(=O)Nc2ccc(CCCl)cc2)cc1O. The molecule has 2 rings (SSSR count). The van der Waals surface area contributed by atoms with Crippen molar-refractivity contribution in [3.8, 4) is 5.75 Å². The number of amides is 1. The first-order chi connectivity index (χ1) is 9.60. The molecule has 0 aliphatic carbocycles. The Morgan fingerprint density at radius 1 is 1.20 bits per heavy atom. The fourth-order valence-corrected chi connectivity index (χ4v) is 2.04. The highest BCUT2D eigenvalue weighted by Crippen LogP contribution is 2.19. The molecule has 0 atom stereocenters. The predicted octanol–water partition coefficient (Wildman–Crippen LogP) is 3.73. The lowest BCUT2D eigenvalue weighted by atomic mass is 10.1. The normalized spacial score (nSPS) is 10.3. The molecular weight excluding hydrogens is 274 g/mol. The van der Waals surface area contributed by atoms with Crippen LogP contribution in [0.3, 0.4) is 0 Å². The molecular formula is C16H16ClNO2. The minimum atomic E-state index is -0.245. The summed E-state index contributed by atoms with van der Waals surface area (Å²) >= 11 is 5.67. The van der Waals surface area contributed by atoms with E-state index >= 15 is 0 Å². The number of rotatable bonds is 4. The maximum Gasteiger partial charge on any atom is 0.255 e. The minimum absolute atomic E-state index is 0.120. The van der Waals surface area contributed by atoms with E-state index in [-0.39, 0.29) is 11.7 Å². The third kappa shape index (κ3) is 3.52. The quantitative estimate of drug-likeness (QED) is 0.843. The standard InChI is InChI=1S/C16H16ClNO2/c1-11-2-5-13(10-15(11)19)16(20)18-14-6-3-12(4-7-14)8-9-17/h2-7,10,19H,8-9H2,1H3,(H,18,20). The molecule has 0 unspecified atom stereocenters. The van der Waals surface area contributed by atoms with E-state index < -0.39 is 0 Å². The van der Waals surface area contributed by atoms with Crippen LogP contribution in [0.25, 0.3) is 0 Å². The predicted molar refractivity (Wildman–Crippen MR) is 81.7 cm³/mol. The Balaban J connectivity index is 2.08. The zero-order chi connectivity index (χ0) is 14.5. The van der Waals surface area contributed by atoms with Crippen molar-refractivity contribution in [3.63, 3.8) is 0 Å². The molecule has 2 aromatic rings. The molecule has 0 aromatic heterocycles. The van der Waals surface area contributed by atoms with E-state index in [9.17, 15) is 9.90 Å². The summed E-state index contributed by atoms with van der Waals surface area (Å²) in [4.78, 5) is 12.0. The largest absolute Gasteiger partial charge is 0.508 e. The van der Waals surface area contributed by atoms with Gasteiger partial charge in [0.05, 0.1) is 0 Å². The zero-order valence-corrected chi connectivity index (χ0v) is 11.9. The van der Waals surface area contributed by atoms with Gasteiger partial charge in [-0.3, -0.25) is 4.79 Å². The van der Waals surface area contributed by atoms with Crippen molar-refractivity contribution in [1.82, 2.24) is 0 Å². The van der Waals surface area contributed by atoms with Crippen molar-refractivity contribution in [1.29, 1.82) is 0 Å². The highest BCUT2D eigenvalue weighted by atomic mass is 35.5. The molecule has 0 spiro atoms. The lowest BCUT2D eigenvalue weighted by Crippen LogP contribution is -2.11. The molecule has 0 aliphatic heterocycles. The number of alkyl halides is 1. The second kappa shape index (κ2) is 6.44. The minimum Gasteiger partial charge on any atom is -0.508 e. The molecule has 104 valence electrons. The third-order valence-electron chi connectivity index (χ3n) is 3.07. The second-order valence-corrected chi connectivity index (χ2v) is 4.97. The summed E-state index contributed by atoms with van der Waals surface area (Å²) in [6, 6.07) is 12.4. The number of nitrogens with one attached hydrogen (secondary N) is 1. The van der Waals surface area contributed by atoms with Crippen LogP contribution >= 0.6 is 11.6 Å². The topological polar surface area (TPSA) is 49.3 Å². The first-order valence-corrected chi connectivity index (χ1v) is 6.89. The van der Waals surface area contributed by atoms with Crippen molar-refractivity contribution in [2.45, 2.75) is 13.3 Å². The number of hydrogen-bond donors (Lipinski definition) is 2. The average molecular weight is 290 g/mol. The number of aryl methyl sites for hydroxylation is 2. The number of phenolic OH excluding ortho intramolecular Hbond substituents is 1. The van der Waals surface area contributed by atoms with Crippen molar-refractivity contribution in [3.05, 3.63) is 59.2 Å². The molecule has 3 nitrogen and oxygen atoms in total. The molecule has 0 saturated heterocycles. The van der Waals surface area contributed by atoms with E-state index in [0.29, 0.717) is 17.1 Å². The fourth-order valence-electron chi connectivity index (χ4n) is 1.82. The van der Waals surface area contributed by atoms with E-state index in [1.54, 1.807) is 19.1 Å². The molecule has 0 bridgehead atoms. The van der Waals surface area contributed by atoms with Crippen LogP contribution in [0, 0.1) is 6.92 Å². The van der Waals surface area contributed by atoms with Crippen LogP contribution in [0.1, 0.15) is 21.5 Å². The summed E-state index contributed by atoms with van der Waals surface area (Å²) in [6.45, 7) is 1.78. The second-order valence-electron chi connectivity index (χ2n) is 4.59. The van der Waals surface area contributed by atoms with E-state index in [2.05, 4.69) is 5.32 Å². The molecule has 0 radical (unpaired) electrons. The summed E-state index contributed by atoms with van der Waals surface area (Å²) < 4.78 is 0. The van der Waals surface area contributed by atoms with Gasteiger partial charge < -0.3 is 10.4 Å². The van der Waals surface area contributed by atoms with Crippen molar-refractivity contribution >= 4 is 23.2 Å². The number of anilines is 1. The summed E-state index contributed by atoms with van der Waals surface area (Å²) in [5, 5.41) is 12.4. The smallest absolute Gasteiger partial charge is 0.255 e. The van der Waals surface area contributed by atoms with Gasteiger partial charge in [0.15, 0.2) is 0 Å². The van der Waals surface area contributed by atoms with Crippen LogP contribution in [0.5, 0.6) is 5.75 Å². The van der Waals surface area contributed by atoms with E-state index in [4.69, 9.17) is 11.6 Å². The van der Waals surface area contributed by atoms with Gasteiger partial charge in [-0.05, 0) is 48.7 Å². The van der Waals surface area contributed by atoms with E-state index in [0.717, 1.165) is 17.5 Å². The Bertz CT molecular complexity index is 608. The number of carbonyl (C=O) groups is 1. The highest BCUT2D eigenvalue weighted by molar-refractivity contribution is 6.18. The van der Waals surface area contributed by atoms with Crippen LogP contribution in [0.2, 0.25) is 0 Å². The molecule has 1 amide bonds. The summed E-state index contributed by atoms with van der Waals surface area (Å²) in [5.41, 5.74) is 3.02. The van der Waals surface area contributed by atoms with Crippen LogP contribution in [-0.4, -0.2) is 16.9 Å². The number of carbonyl (C=O) groups excluding carboxylic acids is 1. The van der Waals surface area contributed by atoms with E-state index in [1.165, 1.54) is 6.07 Å². The van der Waals surface area contributed by atoms with Gasteiger partial charge in [0.25, 0.3) is 5.91 Å². The number of aromatic hydroxyl groups is 1. The highest BCUT2D eigenvalue weighted by Gasteiger charge is 2.08. The average Bonchev–Trinajstić information content (AvgIpc) is 2.44. The van der Waals surface area contributed by atoms with Crippen LogP contribution in [-0.2, 0) is 6.42 Å². The van der Waals surface area contributed by atoms with Gasteiger partial charge in [0, 0.05) is 17.1 Å². The van der Waals surface area contributed by atoms with Gasteiger partial charge in [0.1, 0.15) is 5.75 Å². The van der Waals surface area contributed by atoms with Crippen molar-refractivity contribution in [2.75, 3.05) is 11.2 Å². The molecule has 0 saturated carbocycles. The maximum absolute atomic E-state index is 12.0. The summed E-state index contributed by atoms with van der Waals surface area (Å²) in [7, 11) is 0. The van der Waals surface area contributed by atoms with Gasteiger partial charge in [-0.15, -0.1) is 11.6 Å². The van der Waals surface area contributed by atoms with Crippen molar-refractivity contribution in [2.24, 2.45) is 0 Å². The van der Waals surface area contributed by atoms with Crippen molar-refractivity contribution < 1.29 is 9.90 Å². The monoisotopic (exact) mass is 289 g/mol. The van der Waals surface area contributed by atoms with Gasteiger partial charge in [-0.1, -0.05) is 18.2 Å². The third-order valence-corrected chi connectivity index (χ3v) is 3.26. The Kier molecular flexibility index (Phi) is 4.64. The lowest BCUT2D eigenvalue weighted by Gasteiger charge is -2.07. The van der Waals surface area contributed by atoms with Gasteiger partial charge in [0.2, 0.25) is 0 Å².